The van der Waals surface area contributed by atoms with Crippen LogP contribution < -0.4 is 5.73 Å². The van der Waals surface area contributed by atoms with Crippen LogP contribution in [0.2, 0.25) is 0 Å². The Balaban J connectivity index is 2.32. The summed E-state index contributed by atoms with van der Waals surface area (Å²) in [5.41, 5.74) is 9.68. The highest BCUT2D eigenvalue weighted by Gasteiger charge is 1.86. The molecule has 1 aromatic rings. The molecule has 0 aliphatic carbocycles. The molecule has 0 heterocycles. The van der Waals surface area contributed by atoms with Gasteiger partial charge in [0, 0.05) is 6.54 Å². The SMILES string of the molecule is NCC=C=CCCc1ccccc1. The Labute approximate surface area is 79.6 Å². The molecule has 0 atom stereocenters. The van der Waals surface area contributed by atoms with Gasteiger partial charge in [-0.3, -0.25) is 0 Å². The third-order valence-corrected chi connectivity index (χ3v) is 1.77. The summed E-state index contributed by atoms with van der Waals surface area (Å²) in [6.07, 6.45) is 5.97. The van der Waals surface area contributed by atoms with Crippen molar-refractivity contribution in [3.63, 3.8) is 0 Å². The molecule has 0 radical (unpaired) electrons. The molecule has 1 aromatic carbocycles. The zero-order valence-electron chi connectivity index (χ0n) is 7.74. The molecule has 1 heteroatoms. The van der Waals surface area contributed by atoms with E-state index in [4.69, 9.17) is 5.73 Å². The molecule has 0 unspecified atom stereocenters. The predicted octanol–water partition coefficient (Wildman–Crippen LogP) is 2.29. The molecule has 68 valence electrons. The number of benzene rings is 1. The maximum Gasteiger partial charge on any atom is 0.0182 e. The van der Waals surface area contributed by atoms with Gasteiger partial charge in [0.05, 0.1) is 0 Å². The summed E-state index contributed by atoms with van der Waals surface area (Å²) in [6.45, 7) is 0.571. The van der Waals surface area contributed by atoms with E-state index in [0.717, 1.165) is 12.8 Å². The predicted molar refractivity (Wildman–Crippen MR) is 56.5 cm³/mol. The highest BCUT2D eigenvalue weighted by atomic mass is 14.5. The molecule has 0 saturated carbocycles. The van der Waals surface area contributed by atoms with Crippen molar-refractivity contribution in [2.45, 2.75) is 12.8 Å². The number of aryl methyl sites for hydroxylation is 1. The molecule has 2 N–H and O–H groups in total. The van der Waals surface area contributed by atoms with E-state index in [0.29, 0.717) is 6.54 Å². The van der Waals surface area contributed by atoms with Crippen LogP contribution in [0, 0.1) is 0 Å². The van der Waals surface area contributed by atoms with E-state index in [9.17, 15) is 0 Å². The molecule has 0 fully saturated rings. The molecule has 0 aliphatic heterocycles. The quantitative estimate of drug-likeness (QED) is 0.694. The zero-order valence-corrected chi connectivity index (χ0v) is 7.74. The van der Waals surface area contributed by atoms with Gasteiger partial charge in [-0.1, -0.05) is 30.3 Å². The first-order chi connectivity index (χ1) is 6.43. The van der Waals surface area contributed by atoms with Crippen LogP contribution >= 0.6 is 0 Å². The van der Waals surface area contributed by atoms with Gasteiger partial charge in [-0.25, -0.2) is 0 Å². The van der Waals surface area contributed by atoms with Crippen molar-refractivity contribution in [2.24, 2.45) is 5.73 Å². The minimum absolute atomic E-state index is 0.571. The van der Waals surface area contributed by atoms with Crippen LogP contribution in [-0.2, 0) is 6.42 Å². The van der Waals surface area contributed by atoms with Gasteiger partial charge >= 0.3 is 0 Å². The summed E-state index contributed by atoms with van der Waals surface area (Å²) < 4.78 is 0. The van der Waals surface area contributed by atoms with Gasteiger partial charge in [-0.05, 0) is 30.6 Å². The molecule has 0 amide bonds. The van der Waals surface area contributed by atoms with Gasteiger partial charge in [0.15, 0.2) is 0 Å². The van der Waals surface area contributed by atoms with Crippen LogP contribution in [0.15, 0.2) is 48.2 Å². The standard InChI is InChI=1S/C12H15N/c13-11-7-2-1-4-8-12-9-5-3-6-10-12/h1,3,5-7,9-10H,4,8,11,13H2. The highest BCUT2D eigenvalue weighted by molar-refractivity contribution is 5.15. The summed E-state index contributed by atoms with van der Waals surface area (Å²) >= 11 is 0. The van der Waals surface area contributed by atoms with Crippen LogP contribution in [0.25, 0.3) is 0 Å². The fourth-order valence-electron chi connectivity index (χ4n) is 1.12. The maximum atomic E-state index is 5.28. The number of rotatable bonds is 4. The minimum atomic E-state index is 0.571. The van der Waals surface area contributed by atoms with Crippen LogP contribution in [-0.4, -0.2) is 6.54 Å². The summed E-state index contributed by atoms with van der Waals surface area (Å²) in [4.78, 5) is 0. The Bertz CT molecular complexity index is 281. The van der Waals surface area contributed by atoms with Crippen molar-refractivity contribution in [3.05, 3.63) is 53.8 Å². The van der Waals surface area contributed by atoms with Gasteiger partial charge in [0.2, 0.25) is 0 Å². The second-order valence-corrected chi connectivity index (χ2v) is 2.83. The molecular formula is C12H15N. The zero-order chi connectivity index (χ0) is 9.36. The number of nitrogens with two attached hydrogens (primary N) is 1. The van der Waals surface area contributed by atoms with E-state index in [1.54, 1.807) is 0 Å². The second kappa shape index (κ2) is 6.24. The van der Waals surface area contributed by atoms with Crippen LogP contribution in [0.3, 0.4) is 0 Å². The topological polar surface area (TPSA) is 26.0 Å². The lowest BCUT2D eigenvalue weighted by Gasteiger charge is -1.94. The highest BCUT2D eigenvalue weighted by Crippen LogP contribution is 2.01. The largest absolute Gasteiger partial charge is 0.326 e. The first-order valence-electron chi connectivity index (χ1n) is 4.57. The van der Waals surface area contributed by atoms with Crippen molar-refractivity contribution in [3.8, 4) is 0 Å². The first-order valence-corrected chi connectivity index (χ1v) is 4.57. The van der Waals surface area contributed by atoms with E-state index in [1.807, 2.05) is 18.2 Å². The smallest absolute Gasteiger partial charge is 0.0182 e. The van der Waals surface area contributed by atoms with E-state index in [2.05, 4.69) is 30.0 Å². The van der Waals surface area contributed by atoms with Crippen molar-refractivity contribution in [1.82, 2.24) is 0 Å². The van der Waals surface area contributed by atoms with Gasteiger partial charge in [-0.2, -0.15) is 0 Å². The Kier molecular flexibility index (Phi) is 4.70. The lowest BCUT2D eigenvalue weighted by Crippen LogP contribution is -1.90. The van der Waals surface area contributed by atoms with Crippen LogP contribution in [0.5, 0.6) is 0 Å². The van der Waals surface area contributed by atoms with E-state index in [1.165, 1.54) is 5.56 Å². The minimum Gasteiger partial charge on any atom is -0.326 e. The normalized spacial score (nSPS) is 9.00. The Morgan fingerprint density at radius 3 is 2.62 bits per heavy atom. The second-order valence-electron chi connectivity index (χ2n) is 2.83. The molecule has 0 aromatic heterocycles. The van der Waals surface area contributed by atoms with E-state index >= 15 is 0 Å². The van der Waals surface area contributed by atoms with E-state index in [-0.39, 0.29) is 0 Å². The lowest BCUT2D eigenvalue weighted by molar-refractivity contribution is 1.00. The molecule has 0 saturated heterocycles. The summed E-state index contributed by atoms with van der Waals surface area (Å²) in [5.74, 6) is 0. The van der Waals surface area contributed by atoms with Gasteiger partial charge in [0.1, 0.15) is 0 Å². The average Bonchev–Trinajstić information content (AvgIpc) is 2.19. The van der Waals surface area contributed by atoms with Gasteiger partial charge < -0.3 is 5.73 Å². The Hall–Kier alpha value is -1.30. The molecule has 0 bridgehead atoms. The van der Waals surface area contributed by atoms with Crippen molar-refractivity contribution < 1.29 is 0 Å². The molecule has 13 heavy (non-hydrogen) atoms. The molecule has 1 rings (SSSR count). The average molecular weight is 173 g/mol. The Morgan fingerprint density at radius 2 is 1.92 bits per heavy atom. The Morgan fingerprint density at radius 1 is 1.15 bits per heavy atom. The number of hydrogen-bond donors (Lipinski definition) is 1. The number of hydrogen-bond acceptors (Lipinski definition) is 1. The summed E-state index contributed by atoms with van der Waals surface area (Å²) in [6, 6.07) is 10.4. The fourth-order valence-corrected chi connectivity index (χ4v) is 1.12. The maximum absolute atomic E-state index is 5.28. The summed E-state index contributed by atoms with van der Waals surface area (Å²) in [5, 5.41) is 0. The van der Waals surface area contributed by atoms with Crippen LogP contribution in [0.4, 0.5) is 0 Å². The molecule has 1 nitrogen and oxygen atoms in total. The molecule has 0 aliphatic rings. The van der Waals surface area contributed by atoms with E-state index < -0.39 is 0 Å². The van der Waals surface area contributed by atoms with Crippen molar-refractivity contribution in [2.75, 3.05) is 6.54 Å². The monoisotopic (exact) mass is 173 g/mol. The fraction of sp³-hybridized carbons (Fsp3) is 0.250. The first kappa shape index (κ1) is 9.79. The van der Waals surface area contributed by atoms with Gasteiger partial charge in [-0.15, -0.1) is 5.73 Å². The van der Waals surface area contributed by atoms with Crippen LogP contribution in [0.1, 0.15) is 12.0 Å². The molecular weight excluding hydrogens is 158 g/mol. The third kappa shape index (κ3) is 4.32. The summed E-state index contributed by atoms with van der Waals surface area (Å²) in [7, 11) is 0. The van der Waals surface area contributed by atoms with Crippen molar-refractivity contribution in [1.29, 1.82) is 0 Å². The third-order valence-electron chi connectivity index (χ3n) is 1.77. The van der Waals surface area contributed by atoms with Crippen molar-refractivity contribution >= 4 is 0 Å². The van der Waals surface area contributed by atoms with Gasteiger partial charge in [0.25, 0.3) is 0 Å². The lowest BCUT2D eigenvalue weighted by atomic mass is 10.1. The molecule has 0 spiro atoms.